The summed E-state index contributed by atoms with van der Waals surface area (Å²) in [5.41, 5.74) is 2.03. The van der Waals surface area contributed by atoms with Crippen LogP contribution in [0.5, 0.6) is 11.5 Å². The monoisotopic (exact) mass is 581 g/mol. The molecule has 2 unspecified atom stereocenters. The van der Waals surface area contributed by atoms with Gasteiger partial charge in [0, 0.05) is 12.6 Å². The maximum Gasteiger partial charge on any atom is 0.264 e. The van der Waals surface area contributed by atoms with Gasteiger partial charge in [-0.3, -0.25) is 13.9 Å². The summed E-state index contributed by atoms with van der Waals surface area (Å²) in [5, 5.41) is 2.94. The molecule has 0 aromatic heterocycles. The highest BCUT2D eigenvalue weighted by molar-refractivity contribution is 7.92. The fraction of sp³-hybridized carbons (Fsp3) is 0.355. The minimum absolute atomic E-state index is 0.0233. The highest BCUT2D eigenvalue weighted by atomic mass is 32.2. The molecule has 0 spiro atoms. The smallest absolute Gasteiger partial charge is 0.264 e. The lowest BCUT2D eigenvalue weighted by Crippen LogP contribution is -2.52. The molecule has 0 bridgehead atoms. The molecule has 0 aliphatic carbocycles. The largest absolute Gasteiger partial charge is 0.497 e. The first kappa shape index (κ1) is 31.5. The first-order valence-electron chi connectivity index (χ1n) is 13.5. The van der Waals surface area contributed by atoms with E-state index >= 15 is 0 Å². The van der Waals surface area contributed by atoms with Crippen LogP contribution in [0.25, 0.3) is 0 Å². The zero-order chi connectivity index (χ0) is 30.2. The Morgan fingerprint density at radius 3 is 2.22 bits per heavy atom. The summed E-state index contributed by atoms with van der Waals surface area (Å²) in [4.78, 5) is 28.6. The summed E-state index contributed by atoms with van der Waals surface area (Å²) in [6.07, 6.45) is 0.728. The lowest BCUT2D eigenvalue weighted by Gasteiger charge is -2.33. The molecular formula is C31H39N3O6S. The maximum absolute atomic E-state index is 14.1. The zero-order valence-corrected chi connectivity index (χ0v) is 25.3. The van der Waals surface area contributed by atoms with E-state index in [1.165, 1.54) is 31.3 Å². The van der Waals surface area contributed by atoms with Gasteiger partial charge in [0.1, 0.15) is 24.1 Å². The number of aryl methyl sites for hydroxylation is 1. The van der Waals surface area contributed by atoms with Crippen molar-refractivity contribution in [2.24, 2.45) is 0 Å². The molecule has 9 nitrogen and oxygen atoms in total. The van der Waals surface area contributed by atoms with E-state index in [-0.39, 0.29) is 34.8 Å². The molecule has 41 heavy (non-hydrogen) atoms. The van der Waals surface area contributed by atoms with Crippen LogP contribution in [0.2, 0.25) is 0 Å². The Balaban J connectivity index is 2.07. The van der Waals surface area contributed by atoms with Gasteiger partial charge in [-0.25, -0.2) is 8.42 Å². The van der Waals surface area contributed by atoms with Gasteiger partial charge in [-0.15, -0.1) is 0 Å². The van der Waals surface area contributed by atoms with Crippen LogP contribution in [-0.2, 0) is 26.2 Å². The van der Waals surface area contributed by atoms with Crippen molar-refractivity contribution < 1.29 is 27.5 Å². The summed E-state index contributed by atoms with van der Waals surface area (Å²) < 4.78 is 39.7. The number of benzene rings is 3. The predicted molar refractivity (Wildman–Crippen MR) is 160 cm³/mol. The molecule has 0 saturated carbocycles. The summed E-state index contributed by atoms with van der Waals surface area (Å²) in [6.45, 7) is 7.01. The normalized spacial score (nSPS) is 12.6. The number of amides is 2. The summed E-state index contributed by atoms with van der Waals surface area (Å²) in [7, 11) is -1.31. The molecule has 0 aliphatic rings. The van der Waals surface area contributed by atoms with E-state index in [4.69, 9.17) is 9.47 Å². The topological polar surface area (TPSA) is 105 Å². The number of carbonyl (C=O) groups excluding carboxylic acids is 2. The van der Waals surface area contributed by atoms with Crippen LogP contribution in [0, 0.1) is 6.92 Å². The van der Waals surface area contributed by atoms with E-state index in [2.05, 4.69) is 5.32 Å². The van der Waals surface area contributed by atoms with Crippen molar-refractivity contribution in [2.75, 3.05) is 25.1 Å². The van der Waals surface area contributed by atoms with Crippen molar-refractivity contribution in [2.45, 2.75) is 57.6 Å². The number of anilines is 1. The van der Waals surface area contributed by atoms with Crippen LogP contribution in [0.15, 0.2) is 77.7 Å². The van der Waals surface area contributed by atoms with Gasteiger partial charge < -0.3 is 19.7 Å². The van der Waals surface area contributed by atoms with Gasteiger partial charge in [0.25, 0.3) is 10.0 Å². The number of methoxy groups -OCH3 is 2. The predicted octanol–water partition coefficient (Wildman–Crippen LogP) is 4.54. The quantitative estimate of drug-likeness (QED) is 0.318. The number of nitrogens with zero attached hydrogens (tertiary/aromatic N) is 2. The molecule has 0 radical (unpaired) electrons. The SMILES string of the molecule is CCC(C)NC(=O)C(C)N(Cc1cccc(C)c1)C(=O)CN(c1ccccc1OC)S(=O)(=O)c1ccc(OC)cc1. The Labute approximate surface area is 243 Å². The van der Waals surface area contributed by atoms with Crippen LogP contribution in [-0.4, -0.2) is 58.0 Å². The number of ether oxygens (including phenoxy) is 2. The van der Waals surface area contributed by atoms with Crippen LogP contribution in [0.1, 0.15) is 38.3 Å². The van der Waals surface area contributed by atoms with E-state index < -0.39 is 28.5 Å². The number of sulfonamides is 1. The third kappa shape index (κ3) is 7.79. The summed E-state index contributed by atoms with van der Waals surface area (Å²) in [5.74, 6) is -0.0805. The molecule has 1 N–H and O–H groups in total. The minimum Gasteiger partial charge on any atom is -0.497 e. The second kappa shape index (κ2) is 14.0. The highest BCUT2D eigenvalue weighted by Gasteiger charge is 2.34. The Bertz CT molecular complexity index is 1440. The van der Waals surface area contributed by atoms with E-state index in [9.17, 15) is 18.0 Å². The first-order valence-corrected chi connectivity index (χ1v) is 14.9. The van der Waals surface area contributed by atoms with E-state index in [1.807, 2.05) is 45.0 Å². The molecule has 0 heterocycles. The lowest BCUT2D eigenvalue weighted by atomic mass is 10.1. The number of rotatable bonds is 13. The van der Waals surface area contributed by atoms with Crippen molar-refractivity contribution in [3.05, 3.63) is 83.9 Å². The molecular weight excluding hydrogens is 542 g/mol. The Kier molecular flexibility index (Phi) is 10.8. The molecule has 0 fully saturated rings. The Morgan fingerprint density at radius 1 is 0.927 bits per heavy atom. The van der Waals surface area contributed by atoms with Crippen molar-refractivity contribution in [1.82, 2.24) is 10.2 Å². The van der Waals surface area contributed by atoms with Crippen LogP contribution in [0.4, 0.5) is 5.69 Å². The van der Waals surface area contributed by atoms with Crippen molar-refractivity contribution >= 4 is 27.5 Å². The van der Waals surface area contributed by atoms with Crippen molar-refractivity contribution in [1.29, 1.82) is 0 Å². The lowest BCUT2D eigenvalue weighted by molar-refractivity contribution is -0.139. The van der Waals surface area contributed by atoms with E-state index in [1.54, 1.807) is 43.3 Å². The standard InChI is InChI=1S/C31H39N3O6S/c1-7-23(3)32-31(36)24(4)33(20-25-12-10-11-22(2)19-25)30(35)21-34(28-13-8-9-14-29(28)40-6)41(37,38)27-17-15-26(39-5)16-18-27/h8-19,23-24H,7,20-21H2,1-6H3,(H,32,36). The fourth-order valence-corrected chi connectivity index (χ4v) is 5.70. The maximum atomic E-state index is 14.1. The van der Waals surface area contributed by atoms with Gasteiger partial charge in [-0.05, 0) is 69.2 Å². The first-order chi connectivity index (χ1) is 19.5. The second-order valence-corrected chi connectivity index (χ2v) is 11.7. The molecule has 3 rings (SSSR count). The summed E-state index contributed by atoms with van der Waals surface area (Å²) >= 11 is 0. The van der Waals surface area contributed by atoms with Gasteiger partial charge in [0.2, 0.25) is 11.8 Å². The molecule has 0 aliphatic heterocycles. The summed E-state index contributed by atoms with van der Waals surface area (Å²) in [6, 6.07) is 19.2. The Hall–Kier alpha value is -4.05. The third-order valence-corrected chi connectivity index (χ3v) is 8.66. The number of nitrogens with one attached hydrogen (secondary N) is 1. The molecule has 3 aromatic carbocycles. The third-order valence-electron chi connectivity index (χ3n) is 6.88. The Morgan fingerprint density at radius 2 is 1.61 bits per heavy atom. The zero-order valence-electron chi connectivity index (χ0n) is 24.5. The van der Waals surface area contributed by atoms with Crippen molar-refractivity contribution in [3.8, 4) is 11.5 Å². The number of hydrogen-bond donors (Lipinski definition) is 1. The number of hydrogen-bond acceptors (Lipinski definition) is 6. The molecule has 220 valence electrons. The minimum atomic E-state index is -4.24. The van der Waals surface area contributed by atoms with Gasteiger partial charge in [0.15, 0.2) is 0 Å². The highest BCUT2D eigenvalue weighted by Crippen LogP contribution is 2.33. The number of carbonyl (C=O) groups is 2. The van der Waals surface area contributed by atoms with Crippen LogP contribution in [0.3, 0.4) is 0 Å². The van der Waals surface area contributed by atoms with Gasteiger partial charge in [0.05, 0.1) is 24.8 Å². The fourth-order valence-electron chi connectivity index (χ4n) is 4.28. The van der Waals surface area contributed by atoms with E-state index in [0.29, 0.717) is 5.75 Å². The molecule has 0 saturated heterocycles. The molecule has 2 amide bonds. The van der Waals surface area contributed by atoms with Crippen molar-refractivity contribution in [3.63, 3.8) is 0 Å². The average Bonchev–Trinajstić information content (AvgIpc) is 2.98. The van der Waals surface area contributed by atoms with Crippen LogP contribution >= 0.6 is 0 Å². The van der Waals surface area contributed by atoms with Crippen LogP contribution < -0.4 is 19.1 Å². The van der Waals surface area contributed by atoms with Gasteiger partial charge in [-0.2, -0.15) is 0 Å². The second-order valence-electron chi connectivity index (χ2n) is 9.86. The molecule has 10 heteroatoms. The van der Waals surface area contributed by atoms with E-state index in [0.717, 1.165) is 21.9 Å². The average molecular weight is 582 g/mol. The van der Waals surface area contributed by atoms with Gasteiger partial charge >= 0.3 is 0 Å². The van der Waals surface area contributed by atoms with Gasteiger partial charge in [-0.1, -0.05) is 48.9 Å². The molecule has 2 atom stereocenters. The number of para-hydroxylation sites is 2. The molecule has 3 aromatic rings.